The summed E-state index contributed by atoms with van der Waals surface area (Å²) in [4.78, 5) is 11.3. The highest BCUT2D eigenvalue weighted by atomic mass is 35.5. The Bertz CT molecular complexity index is 1390. The Balaban J connectivity index is 1.88. The van der Waals surface area contributed by atoms with E-state index in [2.05, 4.69) is 60.2 Å². The summed E-state index contributed by atoms with van der Waals surface area (Å²) < 4.78 is 31.4. The fourth-order valence-electron chi connectivity index (χ4n) is 3.72. The number of likely N-dealkylation sites (N-methyl/N-ethyl adjacent to an activating group) is 1. The molecule has 0 aliphatic rings. The van der Waals surface area contributed by atoms with Crippen LogP contribution in [-0.2, 0) is 16.3 Å². The van der Waals surface area contributed by atoms with E-state index in [0.717, 1.165) is 18.5 Å². The van der Waals surface area contributed by atoms with E-state index in [1.165, 1.54) is 11.8 Å². The van der Waals surface area contributed by atoms with Gasteiger partial charge in [-0.1, -0.05) is 23.7 Å². The number of sulfone groups is 1. The number of ether oxygens (including phenoxy) is 1. The number of nitrogens with zero attached hydrogens (tertiary/aromatic N) is 3. The van der Waals surface area contributed by atoms with Crippen molar-refractivity contribution < 1.29 is 13.2 Å². The van der Waals surface area contributed by atoms with Gasteiger partial charge in [0.25, 0.3) is 0 Å². The minimum Gasteiger partial charge on any atom is -0.495 e. The molecule has 0 atom stereocenters. The average Bonchev–Trinajstić information content (AvgIpc) is 2.85. The number of hydrogen-bond donors (Lipinski definition) is 2. The minimum atomic E-state index is -3.52. The Morgan fingerprint density at radius 1 is 1.11 bits per heavy atom. The number of aryl methyl sites for hydroxylation is 1. The van der Waals surface area contributed by atoms with Gasteiger partial charge in [-0.25, -0.2) is 13.4 Å². The molecular weight excluding hydrogens is 522 g/mol. The van der Waals surface area contributed by atoms with Crippen molar-refractivity contribution in [3.8, 4) is 5.75 Å². The van der Waals surface area contributed by atoms with Crippen LogP contribution < -0.4 is 15.4 Å². The Labute approximate surface area is 231 Å². The highest BCUT2D eigenvalue weighted by molar-refractivity contribution is 7.92. The average molecular weight is 560 g/mol. The number of nitrogens with one attached hydrogen (secondary N) is 2. The van der Waals surface area contributed by atoms with Gasteiger partial charge in [-0.05, 0) is 90.4 Å². The van der Waals surface area contributed by atoms with Crippen molar-refractivity contribution in [2.75, 3.05) is 31.3 Å². The molecule has 3 rings (SSSR count). The fraction of sp³-hybridized carbons (Fsp3) is 0.429. The first-order valence-electron chi connectivity index (χ1n) is 12.5. The zero-order chi connectivity index (χ0) is 28.3. The molecule has 1 aromatic heterocycles. The maximum Gasteiger partial charge on any atom is 0.229 e. The van der Waals surface area contributed by atoms with Gasteiger partial charge in [-0.15, -0.1) is 0 Å². The molecule has 0 radical (unpaired) electrons. The molecule has 2 N–H and O–H groups in total. The standard InChI is InChI=1S/C28H38ClN5O3S/c1-18(2)38(35,36)25-12-10-9-11-22(25)31-26-21(29)17-30-27(33-26)32-23-15-19(3)20(16-24(23)37-8)13-14-34(7)28(4,5)6/h9-12,15-18H,13-14H2,1-8H3,(H2,30,31,32,33). The molecule has 8 nitrogen and oxygen atoms in total. The van der Waals surface area contributed by atoms with Crippen LogP contribution in [0.2, 0.25) is 5.02 Å². The maximum absolute atomic E-state index is 12.9. The van der Waals surface area contributed by atoms with E-state index in [1.807, 2.05) is 12.1 Å². The van der Waals surface area contributed by atoms with Gasteiger partial charge < -0.3 is 20.3 Å². The molecule has 0 saturated heterocycles. The van der Waals surface area contributed by atoms with Gasteiger partial charge in [0.2, 0.25) is 5.95 Å². The van der Waals surface area contributed by atoms with Crippen LogP contribution in [0.25, 0.3) is 0 Å². The third-order valence-electron chi connectivity index (χ3n) is 6.58. The number of methoxy groups -OCH3 is 1. The quantitative estimate of drug-likeness (QED) is 0.295. The predicted octanol–water partition coefficient (Wildman–Crippen LogP) is 6.39. The Kier molecular flexibility index (Phi) is 9.28. The molecule has 1 heterocycles. The van der Waals surface area contributed by atoms with Gasteiger partial charge in [0.1, 0.15) is 10.8 Å². The summed E-state index contributed by atoms with van der Waals surface area (Å²) in [7, 11) is 0.236. The molecule has 2 aromatic carbocycles. The van der Waals surface area contributed by atoms with E-state index in [9.17, 15) is 8.42 Å². The molecular formula is C28H38ClN5O3S. The van der Waals surface area contributed by atoms with E-state index in [0.29, 0.717) is 23.1 Å². The Hall–Kier alpha value is -2.88. The molecule has 0 spiro atoms. The maximum atomic E-state index is 12.9. The lowest BCUT2D eigenvalue weighted by Crippen LogP contribution is -2.39. The summed E-state index contributed by atoms with van der Waals surface area (Å²) in [5, 5.41) is 5.99. The second kappa shape index (κ2) is 11.9. The smallest absolute Gasteiger partial charge is 0.229 e. The highest BCUT2D eigenvalue weighted by Crippen LogP contribution is 2.33. The SMILES string of the molecule is COc1cc(CCN(C)C(C)(C)C)c(C)cc1Nc1ncc(Cl)c(Nc2ccccc2S(=O)(=O)C(C)C)n1. The zero-order valence-corrected chi connectivity index (χ0v) is 25.0. The summed E-state index contributed by atoms with van der Waals surface area (Å²) in [5.74, 6) is 1.25. The second-order valence-electron chi connectivity index (χ2n) is 10.6. The molecule has 0 unspecified atom stereocenters. The van der Waals surface area contributed by atoms with Crippen molar-refractivity contribution >= 4 is 44.6 Å². The van der Waals surface area contributed by atoms with E-state index in [-0.39, 0.29) is 21.3 Å². The lowest BCUT2D eigenvalue weighted by Gasteiger charge is -2.32. The Morgan fingerprint density at radius 3 is 2.42 bits per heavy atom. The lowest BCUT2D eigenvalue weighted by molar-refractivity contribution is 0.178. The first kappa shape index (κ1) is 29.7. The lowest BCUT2D eigenvalue weighted by atomic mass is 10.0. The van der Waals surface area contributed by atoms with Gasteiger partial charge >= 0.3 is 0 Å². The number of hydrogen-bond acceptors (Lipinski definition) is 8. The van der Waals surface area contributed by atoms with Gasteiger partial charge in [-0.3, -0.25) is 0 Å². The van der Waals surface area contributed by atoms with Crippen molar-refractivity contribution in [3.63, 3.8) is 0 Å². The first-order valence-corrected chi connectivity index (χ1v) is 14.4. The predicted molar refractivity (Wildman–Crippen MR) is 156 cm³/mol. The van der Waals surface area contributed by atoms with Crippen molar-refractivity contribution in [1.29, 1.82) is 0 Å². The zero-order valence-electron chi connectivity index (χ0n) is 23.4. The van der Waals surface area contributed by atoms with E-state index < -0.39 is 15.1 Å². The van der Waals surface area contributed by atoms with E-state index in [1.54, 1.807) is 45.2 Å². The third kappa shape index (κ3) is 6.95. The van der Waals surface area contributed by atoms with Crippen LogP contribution in [0.5, 0.6) is 5.75 Å². The van der Waals surface area contributed by atoms with E-state index in [4.69, 9.17) is 16.3 Å². The normalized spacial score (nSPS) is 12.2. The molecule has 0 aliphatic carbocycles. The summed E-state index contributed by atoms with van der Waals surface area (Å²) in [5.41, 5.74) is 3.53. The van der Waals surface area contributed by atoms with Crippen LogP contribution in [0.3, 0.4) is 0 Å². The monoisotopic (exact) mass is 559 g/mol. The summed E-state index contributed by atoms with van der Waals surface area (Å²) >= 11 is 6.38. The number of halogens is 1. The third-order valence-corrected chi connectivity index (χ3v) is 9.06. The van der Waals surface area contributed by atoms with Gasteiger partial charge in [0, 0.05) is 12.1 Å². The number of aromatic nitrogens is 2. The van der Waals surface area contributed by atoms with E-state index >= 15 is 0 Å². The molecule has 0 saturated carbocycles. The van der Waals surface area contributed by atoms with Crippen LogP contribution in [0, 0.1) is 6.92 Å². The number of benzene rings is 2. The largest absolute Gasteiger partial charge is 0.495 e. The van der Waals surface area contributed by atoms with Crippen LogP contribution >= 0.6 is 11.6 Å². The van der Waals surface area contributed by atoms with Crippen molar-refractivity contribution in [2.24, 2.45) is 0 Å². The molecule has 0 bridgehead atoms. The van der Waals surface area contributed by atoms with Crippen molar-refractivity contribution in [2.45, 2.75) is 63.6 Å². The molecule has 0 aliphatic heterocycles. The second-order valence-corrected chi connectivity index (χ2v) is 13.4. The van der Waals surface area contributed by atoms with Gasteiger partial charge in [0.15, 0.2) is 15.7 Å². The molecule has 38 heavy (non-hydrogen) atoms. The van der Waals surface area contributed by atoms with Crippen LogP contribution in [0.15, 0.2) is 47.5 Å². The van der Waals surface area contributed by atoms with Crippen LogP contribution in [0.1, 0.15) is 45.7 Å². The number of para-hydroxylation sites is 1. The molecule has 0 amide bonds. The van der Waals surface area contributed by atoms with Crippen molar-refractivity contribution in [1.82, 2.24) is 14.9 Å². The summed E-state index contributed by atoms with van der Waals surface area (Å²) in [6.07, 6.45) is 2.36. The summed E-state index contributed by atoms with van der Waals surface area (Å²) in [6, 6.07) is 10.7. The molecule has 0 fully saturated rings. The topological polar surface area (TPSA) is 96.5 Å². The van der Waals surface area contributed by atoms with Gasteiger partial charge in [-0.2, -0.15) is 4.98 Å². The molecule has 3 aromatic rings. The van der Waals surface area contributed by atoms with Crippen molar-refractivity contribution in [3.05, 3.63) is 58.7 Å². The first-order chi connectivity index (χ1) is 17.7. The van der Waals surface area contributed by atoms with Crippen LogP contribution in [-0.4, -0.2) is 54.8 Å². The highest BCUT2D eigenvalue weighted by Gasteiger charge is 2.23. The van der Waals surface area contributed by atoms with Crippen LogP contribution in [0.4, 0.5) is 23.1 Å². The number of anilines is 4. The minimum absolute atomic E-state index is 0.0939. The molecule has 206 valence electrons. The molecule has 10 heteroatoms. The fourth-order valence-corrected chi connectivity index (χ4v) is 5.06. The Morgan fingerprint density at radius 2 is 1.79 bits per heavy atom. The summed E-state index contributed by atoms with van der Waals surface area (Å²) in [6.45, 7) is 12.9. The van der Waals surface area contributed by atoms with Gasteiger partial charge in [0.05, 0.1) is 34.8 Å². The number of rotatable bonds is 10.